The van der Waals surface area contributed by atoms with Gasteiger partial charge >= 0.3 is 0 Å². The van der Waals surface area contributed by atoms with Gasteiger partial charge in [0.1, 0.15) is 0 Å². The molecule has 7 nitrogen and oxygen atoms in total. The van der Waals surface area contributed by atoms with Gasteiger partial charge in [-0.2, -0.15) is 4.98 Å². The van der Waals surface area contributed by atoms with E-state index in [4.69, 9.17) is 4.52 Å². The second-order valence-corrected chi connectivity index (χ2v) is 6.18. The Morgan fingerprint density at radius 2 is 2.41 bits per heavy atom. The molecule has 22 heavy (non-hydrogen) atoms. The fourth-order valence-corrected chi connectivity index (χ4v) is 3.39. The Morgan fingerprint density at radius 3 is 3.18 bits per heavy atom. The van der Waals surface area contributed by atoms with E-state index in [-0.39, 0.29) is 11.8 Å². The van der Waals surface area contributed by atoms with Gasteiger partial charge in [-0.15, -0.1) is 11.3 Å². The first-order valence-electron chi connectivity index (χ1n) is 7.12. The number of fused-ring (bicyclic) bond motifs is 1. The number of aromatic nitrogens is 2. The highest BCUT2D eigenvalue weighted by molar-refractivity contribution is 7.14. The topological polar surface area (TPSA) is 97.1 Å². The minimum atomic E-state index is -0.179. The van der Waals surface area contributed by atoms with Crippen molar-refractivity contribution in [1.29, 1.82) is 0 Å². The average Bonchev–Trinajstić information content (AvgIpc) is 3.06. The molecule has 2 amide bonds. The van der Waals surface area contributed by atoms with E-state index in [0.717, 1.165) is 17.7 Å². The zero-order valence-corrected chi connectivity index (χ0v) is 13.0. The monoisotopic (exact) mass is 320 g/mol. The van der Waals surface area contributed by atoms with E-state index in [1.807, 2.05) is 0 Å². The summed E-state index contributed by atoms with van der Waals surface area (Å²) in [6, 6.07) is 1.67. The number of amides is 2. The van der Waals surface area contributed by atoms with Crippen molar-refractivity contribution in [2.75, 3.05) is 13.1 Å². The summed E-state index contributed by atoms with van der Waals surface area (Å²) in [5, 5.41) is 9.33. The molecule has 0 fully saturated rings. The van der Waals surface area contributed by atoms with E-state index in [9.17, 15) is 9.59 Å². The van der Waals surface area contributed by atoms with Crippen LogP contribution in [0.1, 0.15) is 43.0 Å². The fraction of sp³-hybridized carbons (Fsp3) is 0.429. The summed E-state index contributed by atoms with van der Waals surface area (Å²) in [6.07, 6.45) is 2.21. The van der Waals surface area contributed by atoms with E-state index in [2.05, 4.69) is 20.8 Å². The molecular formula is C14H16N4O3S. The Bertz CT molecular complexity index is 707. The zero-order valence-electron chi connectivity index (χ0n) is 12.1. The Balaban J connectivity index is 1.60. The number of thiophene rings is 1. The molecular weight excluding hydrogens is 304 g/mol. The van der Waals surface area contributed by atoms with E-state index in [0.29, 0.717) is 41.7 Å². The lowest BCUT2D eigenvalue weighted by Gasteiger charge is -2.01. The average molecular weight is 320 g/mol. The molecule has 0 aliphatic carbocycles. The molecule has 2 N–H and O–H groups in total. The summed E-state index contributed by atoms with van der Waals surface area (Å²) in [5.74, 6) is 0.805. The van der Waals surface area contributed by atoms with Crippen LogP contribution >= 0.6 is 11.3 Å². The maximum atomic E-state index is 12.2. The Kier molecular flexibility index (Phi) is 4.19. The fourth-order valence-electron chi connectivity index (χ4n) is 2.28. The third-order valence-electron chi connectivity index (χ3n) is 3.34. The molecule has 1 aliphatic rings. The lowest BCUT2D eigenvalue weighted by molar-refractivity contribution is 0.0954. The van der Waals surface area contributed by atoms with Crippen LogP contribution in [0.4, 0.5) is 0 Å². The minimum absolute atomic E-state index is 0.0934. The van der Waals surface area contributed by atoms with Gasteiger partial charge in [-0.25, -0.2) is 0 Å². The quantitative estimate of drug-likeness (QED) is 0.879. The highest BCUT2D eigenvalue weighted by atomic mass is 32.1. The van der Waals surface area contributed by atoms with Crippen molar-refractivity contribution in [3.05, 3.63) is 33.1 Å². The molecule has 0 unspecified atom stereocenters. The number of hydrogen-bond acceptors (Lipinski definition) is 6. The third kappa shape index (κ3) is 3.16. The molecule has 8 heteroatoms. The van der Waals surface area contributed by atoms with Gasteiger partial charge in [0, 0.05) is 24.4 Å². The molecule has 3 rings (SSSR count). The van der Waals surface area contributed by atoms with Gasteiger partial charge in [0.25, 0.3) is 11.8 Å². The van der Waals surface area contributed by atoms with Crippen molar-refractivity contribution in [3.63, 3.8) is 0 Å². The smallest absolute Gasteiger partial charge is 0.261 e. The molecule has 0 atom stereocenters. The predicted octanol–water partition coefficient (Wildman–Crippen LogP) is 1.09. The molecule has 2 aromatic heterocycles. The SMILES string of the molecule is Cc1noc(CCNC(=O)c2cc3c(s2)CCCNC3=O)n1. The molecule has 0 bridgehead atoms. The molecule has 0 radical (unpaired) electrons. The van der Waals surface area contributed by atoms with Crippen molar-refractivity contribution < 1.29 is 14.1 Å². The van der Waals surface area contributed by atoms with Crippen LogP contribution in [0.2, 0.25) is 0 Å². The summed E-state index contributed by atoms with van der Waals surface area (Å²) >= 11 is 1.39. The molecule has 0 aromatic carbocycles. The van der Waals surface area contributed by atoms with Gasteiger partial charge in [-0.3, -0.25) is 9.59 Å². The van der Waals surface area contributed by atoms with Crippen LogP contribution in [0.5, 0.6) is 0 Å². The molecule has 2 aromatic rings. The maximum absolute atomic E-state index is 12.2. The highest BCUT2D eigenvalue weighted by Gasteiger charge is 2.21. The molecule has 3 heterocycles. The molecule has 0 saturated heterocycles. The number of nitrogens with one attached hydrogen (secondary N) is 2. The largest absolute Gasteiger partial charge is 0.352 e. The first-order chi connectivity index (χ1) is 10.6. The summed E-state index contributed by atoms with van der Waals surface area (Å²) in [6.45, 7) is 2.84. The Labute approximate surface area is 131 Å². The summed E-state index contributed by atoms with van der Waals surface area (Å²) in [7, 11) is 0. The lowest BCUT2D eigenvalue weighted by Crippen LogP contribution is -2.25. The molecule has 1 aliphatic heterocycles. The number of hydrogen-bond donors (Lipinski definition) is 2. The van der Waals surface area contributed by atoms with Gasteiger partial charge < -0.3 is 15.2 Å². The van der Waals surface area contributed by atoms with Crippen LogP contribution in [0, 0.1) is 6.92 Å². The number of rotatable bonds is 4. The van der Waals surface area contributed by atoms with Gasteiger partial charge in [0.15, 0.2) is 5.82 Å². The number of nitrogens with zero attached hydrogens (tertiary/aromatic N) is 2. The third-order valence-corrected chi connectivity index (χ3v) is 4.53. The van der Waals surface area contributed by atoms with Crippen LogP contribution in [-0.4, -0.2) is 35.0 Å². The van der Waals surface area contributed by atoms with Crippen LogP contribution in [-0.2, 0) is 12.8 Å². The van der Waals surface area contributed by atoms with Crippen molar-refractivity contribution in [2.24, 2.45) is 0 Å². The van der Waals surface area contributed by atoms with Crippen LogP contribution < -0.4 is 10.6 Å². The first-order valence-corrected chi connectivity index (χ1v) is 7.93. The van der Waals surface area contributed by atoms with Gasteiger partial charge in [-0.05, 0) is 25.8 Å². The number of aryl methyl sites for hydroxylation is 2. The zero-order chi connectivity index (χ0) is 15.5. The van der Waals surface area contributed by atoms with E-state index < -0.39 is 0 Å². The summed E-state index contributed by atoms with van der Waals surface area (Å²) in [5.41, 5.74) is 0.625. The van der Waals surface area contributed by atoms with Crippen molar-refractivity contribution in [1.82, 2.24) is 20.8 Å². The summed E-state index contributed by atoms with van der Waals surface area (Å²) in [4.78, 5) is 29.6. The van der Waals surface area contributed by atoms with Gasteiger partial charge in [-0.1, -0.05) is 5.16 Å². The lowest BCUT2D eigenvalue weighted by atomic mass is 10.2. The summed E-state index contributed by atoms with van der Waals surface area (Å²) < 4.78 is 4.98. The van der Waals surface area contributed by atoms with Crippen LogP contribution in [0.15, 0.2) is 10.6 Å². The number of carbonyl (C=O) groups excluding carboxylic acids is 2. The van der Waals surface area contributed by atoms with Crippen molar-refractivity contribution in [2.45, 2.75) is 26.2 Å². The van der Waals surface area contributed by atoms with Gasteiger partial charge in [0.2, 0.25) is 5.89 Å². The maximum Gasteiger partial charge on any atom is 0.261 e. The Morgan fingerprint density at radius 1 is 1.55 bits per heavy atom. The normalized spacial score (nSPS) is 14.1. The van der Waals surface area contributed by atoms with E-state index >= 15 is 0 Å². The second-order valence-electron chi connectivity index (χ2n) is 5.05. The van der Waals surface area contributed by atoms with E-state index in [1.54, 1.807) is 13.0 Å². The van der Waals surface area contributed by atoms with Crippen LogP contribution in [0.25, 0.3) is 0 Å². The molecule has 116 valence electrons. The van der Waals surface area contributed by atoms with E-state index in [1.165, 1.54) is 11.3 Å². The minimum Gasteiger partial charge on any atom is -0.352 e. The van der Waals surface area contributed by atoms with Crippen molar-refractivity contribution >= 4 is 23.2 Å². The van der Waals surface area contributed by atoms with Crippen molar-refractivity contribution in [3.8, 4) is 0 Å². The van der Waals surface area contributed by atoms with Gasteiger partial charge in [0.05, 0.1) is 10.4 Å². The molecule has 0 saturated carbocycles. The number of carbonyl (C=O) groups is 2. The first kappa shape index (κ1) is 14.7. The predicted molar refractivity (Wildman–Crippen MR) is 80.0 cm³/mol. The molecule has 0 spiro atoms. The second kappa shape index (κ2) is 6.27. The standard InChI is InChI=1S/C14H16N4O3S/c1-8-17-12(21-18-8)4-6-16-14(20)11-7-9-10(22-11)3-2-5-15-13(9)19/h7H,2-6H2,1H3,(H,15,19)(H,16,20). The Hall–Kier alpha value is -2.22. The highest BCUT2D eigenvalue weighted by Crippen LogP contribution is 2.25. The van der Waals surface area contributed by atoms with Crippen LogP contribution in [0.3, 0.4) is 0 Å².